The topological polar surface area (TPSA) is 48.1 Å². The van der Waals surface area contributed by atoms with Crippen molar-refractivity contribution >= 4 is 11.3 Å². The Labute approximate surface area is 92.5 Å². The molecule has 0 saturated carbocycles. The third kappa shape index (κ3) is 2.78. The van der Waals surface area contributed by atoms with E-state index in [9.17, 15) is 0 Å². The van der Waals surface area contributed by atoms with Crippen LogP contribution in [0, 0.1) is 0 Å². The molecule has 1 aromatic heterocycles. The van der Waals surface area contributed by atoms with Gasteiger partial charge in [-0.25, -0.2) is 4.98 Å². The molecule has 2 rings (SSSR count). The molecular formula is C11H12N2OS. The molecule has 2 N–H and O–H groups in total. The van der Waals surface area contributed by atoms with E-state index in [1.165, 1.54) is 0 Å². The Morgan fingerprint density at radius 1 is 1.27 bits per heavy atom. The van der Waals surface area contributed by atoms with Crippen LogP contribution in [0.3, 0.4) is 0 Å². The number of ether oxygens (including phenoxy) is 1. The largest absolute Gasteiger partial charge is 0.487 e. The van der Waals surface area contributed by atoms with E-state index in [0.717, 1.165) is 16.5 Å². The predicted molar refractivity (Wildman–Crippen MR) is 60.8 cm³/mol. The second kappa shape index (κ2) is 4.91. The van der Waals surface area contributed by atoms with Gasteiger partial charge in [-0.2, -0.15) is 0 Å². The zero-order valence-corrected chi connectivity index (χ0v) is 9.04. The Morgan fingerprint density at radius 2 is 2.07 bits per heavy atom. The molecule has 0 aliphatic heterocycles. The molecule has 0 atom stereocenters. The van der Waals surface area contributed by atoms with Crippen molar-refractivity contribution in [3.8, 4) is 5.75 Å². The van der Waals surface area contributed by atoms with Crippen LogP contribution in [0.1, 0.15) is 10.7 Å². The zero-order valence-electron chi connectivity index (χ0n) is 8.22. The van der Waals surface area contributed by atoms with Crippen molar-refractivity contribution in [2.45, 2.75) is 13.2 Å². The lowest BCUT2D eigenvalue weighted by atomic mass is 10.3. The molecule has 1 aromatic carbocycles. The maximum Gasteiger partial charge on any atom is 0.131 e. The number of nitrogens with two attached hydrogens (primary N) is 1. The summed E-state index contributed by atoms with van der Waals surface area (Å²) in [5, 5.41) is 2.92. The summed E-state index contributed by atoms with van der Waals surface area (Å²) in [6.07, 6.45) is 0. The van der Waals surface area contributed by atoms with Crippen molar-refractivity contribution < 1.29 is 4.74 Å². The molecule has 0 radical (unpaired) electrons. The van der Waals surface area contributed by atoms with Gasteiger partial charge in [-0.05, 0) is 12.1 Å². The standard InChI is InChI=1S/C11H12N2OS/c12-6-11-13-9(8-15-11)7-14-10-4-2-1-3-5-10/h1-5,8H,6-7,12H2. The fourth-order valence-electron chi connectivity index (χ4n) is 1.18. The van der Waals surface area contributed by atoms with E-state index >= 15 is 0 Å². The van der Waals surface area contributed by atoms with E-state index in [0.29, 0.717) is 13.2 Å². The van der Waals surface area contributed by atoms with Gasteiger partial charge < -0.3 is 10.5 Å². The molecule has 0 fully saturated rings. The quantitative estimate of drug-likeness (QED) is 0.859. The molecule has 0 saturated heterocycles. The van der Waals surface area contributed by atoms with Crippen LogP contribution in [0.4, 0.5) is 0 Å². The van der Waals surface area contributed by atoms with Crippen LogP contribution in [0.25, 0.3) is 0 Å². The molecule has 0 unspecified atom stereocenters. The van der Waals surface area contributed by atoms with Crippen molar-refractivity contribution in [1.82, 2.24) is 4.98 Å². The lowest BCUT2D eigenvalue weighted by Gasteiger charge is -2.02. The molecule has 0 aliphatic rings. The van der Waals surface area contributed by atoms with Gasteiger partial charge in [-0.3, -0.25) is 0 Å². The van der Waals surface area contributed by atoms with Gasteiger partial charge in [0, 0.05) is 11.9 Å². The highest BCUT2D eigenvalue weighted by molar-refractivity contribution is 7.09. The van der Waals surface area contributed by atoms with Gasteiger partial charge in [-0.1, -0.05) is 18.2 Å². The molecule has 1 heterocycles. The van der Waals surface area contributed by atoms with Crippen LogP contribution in [0.2, 0.25) is 0 Å². The maximum absolute atomic E-state index is 5.55. The number of hydrogen-bond acceptors (Lipinski definition) is 4. The normalized spacial score (nSPS) is 10.2. The van der Waals surface area contributed by atoms with Crippen LogP contribution >= 0.6 is 11.3 Å². The lowest BCUT2D eigenvalue weighted by Crippen LogP contribution is -1.98. The van der Waals surface area contributed by atoms with E-state index in [1.807, 2.05) is 35.7 Å². The molecule has 0 bridgehead atoms. The van der Waals surface area contributed by atoms with E-state index in [2.05, 4.69) is 4.98 Å². The molecule has 3 nitrogen and oxygen atoms in total. The highest BCUT2D eigenvalue weighted by Crippen LogP contribution is 2.13. The van der Waals surface area contributed by atoms with Crippen molar-refractivity contribution in [3.05, 3.63) is 46.4 Å². The van der Waals surface area contributed by atoms with Crippen molar-refractivity contribution in [2.75, 3.05) is 0 Å². The number of nitrogens with zero attached hydrogens (tertiary/aromatic N) is 1. The van der Waals surface area contributed by atoms with Crippen LogP contribution in [-0.2, 0) is 13.2 Å². The third-order valence-electron chi connectivity index (χ3n) is 1.90. The average molecular weight is 220 g/mol. The maximum atomic E-state index is 5.55. The first-order chi connectivity index (χ1) is 7.38. The second-order valence-electron chi connectivity index (χ2n) is 3.04. The molecule has 0 amide bonds. The summed E-state index contributed by atoms with van der Waals surface area (Å²) in [4.78, 5) is 4.31. The number of hydrogen-bond donors (Lipinski definition) is 1. The molecule has 15 heavy (non-hydrogen) atoms. The van der Waals surface area contributed by atoms with Crippen LogP contribution < -0.4 is 10.5 Å². The van der Waals surface area contributed by atoms with Crippen LogP contribution in [0.5, 0.6) is 5.75 Å². The number of benzene rings is 1. The van der Waals surface area contributed by atoms with E-state index in [4.69, 9.17) is 10.5 Å². The average Bonchev–Trinajstić information content (AvgIpc) is 2.76. The number of para-hydroxylation sites is 1. The highest BCUT2D eigenvalue weighted by atomic mass is 32.1. The third-order valence-corrected chi connectivity index (χ3v) is 2.82. The van der Waals surface area contributed by atoms with Gasteiger partial charge in [0.05, 0.1) is 5.69 Å². The fourth-order valence-corrected chi connectivity index (χ4v) is 1.84. The Bertz CT molecular complexity index is 414. The summed E-state index contributed by atoms with van der Waals surface area (Å²) in [5.74, 6) is 0.861. The molecule has 0 aliphatic carbocycles. The molecule has 2 aromatic rings. The van der Waals surface area contributed by atoms with Gasteiger partial charge in [-0.15, -0.1) is 11.3 Å². The lowest BCUT2D eigenvalue weighted by molar-refractivity contribution is 0.302. The minimum atomic E-state index is 0.496. The molecule has 78 valence electrons. The summed E-state index contributed by atoms with van der Waals surface area (Å²) < 4.78 is 5.55. The summed E-state index contributed by atoms with van der Waals surface area (Å²) >= 11 is 1.57. The second-order valence-corrected chi connectivity index (χ2v) is 3.98. The number of aromatic nitrogens is 1. The smallest absolute Gasteiger partial charge is 0.131 e. The van der Waals surface area contributed by atoms with Crippen molar-refractivity contribution in [2.24, 2.45) is 5.73 Å². The molecule has 0 spiro atoms. The summed E-state index contributed by atoms with van der Waals surface area (Å²) in [5.41, 5.74) is 6.41. The van der Waals surface area contributed by atoms with Crippen molar-refractivity contribution in [3.63, 3.8) is 0 Å². The highest BCUT2D eigenvalue weighted by Gasteiger charge is 2.00. The van der Waals surface area contributed by atoms with E-state index < -0.39 is 0 Å². The van der Waals surface area contributed by atoms with Crippen molar-refractivity contribution in [1.29, 1.82) is 0 Å². The monoisotopic (exact) mass is 220 g/mol. The zero-order chi connectivity index (χ0) is 10.5. The molecular weight excluding hydrogens is 208 g/mol. The van der Waals surface area contributed by atoms with E-state index in [-0.39, 0.29) is 0 Å². The Kier molecular flexibility index (Phi) is 3.32. The first kappa shape index (κ1) is 10.1. The van der Waals surface area contributed by atoms with Crippen LogP contribution in [-0.4, -0.2) is 4.98 Å². The number of thiazole rings is 1. The summed E-state index contributed by atoms with van der Waals surface area (Å²) in [6.45, 7) is 0.997. The van der Waals surface area contributed by atoms with Gasteiger partial charge in [0.15, 0.2) is 0 Å². The van der Waals surface area contributed by atoms with Gasteiger partial charge in [0.25, 0.3) is 0 Å². The first-order valence-electron chi connectivity index (χ1n) is 4.69. The van der Waals surface area contributed by atoms with E-state index in [1.54, 1.807) is 11.3 Å². The SMILES string of the molecule is NCc1nc(COc2ccccc2)cs1. The molecule has 4 heteroatoms. The summed E-state index contributed by atoms with van der Waals surface area (Å²) in [6, 6.07) is 9.71. The summed E-state index contributed by atoms with van der Waals surface area (Å²) in [7, 11) is 0. The minimum Gasteiger partial charge on any atom is -0.487 e. The van der Waals surface area contributed by atoms with Crippen LogP contribution in [0.15, 0.2) is 35.7 Å². The Hall–Kier alpha value is -1.39. The minimum absolute atomic E-state index is 0.496. The number of rotatable bonds is 4. The Morgan fingerprint density at radius 3 is 2.73 bits per heavy atom. The van der Waals surface area contributed by atoms with Gasteiger partial charge >= 0.3 is 0 Å². The van der Waals surface area contributed by atoms with Gasteiger partial charge in [0.2, 0.25) is 0 Å². The first-order valence-corrected chi connectivity index (χ1v) is 5.57. The van der Waals surface area contributed by atoms with Gasteiger partial charge in [0.1, 0.15) is 17.4 Å². The fraction of sp³-hybridized carbons (Fsp3) is 0.182. The Balaban J connectivity index is 1.93. The predicted octanol–water partition coefficient (Wildman–Crippen LogP) is 2.18.